The van der Waals surface area contributed by atoms with E-state index in [0.29, 0.717) is 6.54 Å². The van der Waals surface area contributed by atoms with Crippen LogP contribution in [0.4, 0.5) is 0 Å². The molecule has 0 radical (unpaired) electrons. The zero-order valence-electron chi connectivity index (χ0n) is 11.0. The lowest BCUT2D eigenvalue weighted by Crippen LogP contribution is -2.35. The lowest BCUT2D eigenvalue weighted by atomic mass is 10.2. The van der Waals surface area contributed by atoms with Crippen molar-refractivity contribution in [1.82, 2.24) is 9.62 Å². The number of nitrogens with zero attached hydrogens (tertiary/aromatic N) is 1. The van der Waals surface area contributed by atoms with Crippen LogP contribution in [-0.2, 0) is 10.0 Å². The van der Waals surface area contributed by atoms with Gasteiger partial charge in [0.2, 0.25) is 10.0 Å². The summed E-state index contributed by atoms with van der Waals surface area (Å²) in [6.45, 7) is 2.21. The van der Waals surface area contributed by atoms with E-state index in [1.54, 1.807) is 23.5 Å². The lowest BCUT2D eigenvalue weighted by molar-refractivity contribution is 0.304. The molecule has 0 bridgehead atoms. The summed E-state index contributed by atoms with van der Waals surface area (Å²) in [5, 5.41) is 2.00. The smallest absolute Gasteiger partial charge is 0.215 e. The van der Waals surface area contributed by atoms with E-state index >= 15 is 0 Å². The van der Waals surface area contributed by atoms with E-state index in [2.05, 4.69) is 4.72 Å². The topological polar surface area (TPSA) is 49.4 Å². The van der Waals surface area contributed by atoms with Gasteiger partial charge in [-0.25, -0.2) is 13.1 Å². The van der Waals surface area contributed by atoms with E-state index in [1.165, 1.54) is 0 Å². The summed E-state index contributed by atoms with van der Waals surface area (Å²) in [7, 11) is 0.676. The van der Waals surface area contributed by atoms with Gasteiger partial charge in [-0.2, -0.15) is 0 Å². The molecule has 4 nitrogen and oxygen atoms in total. The van der Waals surface area contributed by atoms with Gasteiger partial charge in [-0.3, -0.25) is 0 Å². The average Bonchev–Trinajstić information content (AvgIpc) is 2.79. The van der Waals surface area contributed by atoms with Gasteiger partial charge in [0.05, 0.1) is 11.8 Å². The molecule has 18 heavy (non-hydrogen) atoms. The SMILES string of the molecule is C/C=C/CS(=O)(=O)NCC(c1cccs1)N(C)C. The maximum Gasteiger partial charge on any atom is 0.215 e. The van der Waals surface area contributed by atoms with Crippen LogP contribution in [-0.4, -0.2) is 39.7 Å². The van der Waals surface area contributed by atoms with Gasteiger partial charge in [0.15, 0.2) is 0 Å². The van der Waals surface area contributed by atoms with Crippen LogP contribution in [0.25, 0.3) is 0 Å². The van der Waals surface area contributed by atoms with Gasteiger partial charge in [0, 0.05) is 11.4 Å². The highest BCUT2D eigenvalue weighted by Crippen LogP contribution is 2.22. The standard InChI is InChI=1S/C12H20N2O2S2/c1-4-5-9-18(15,16)13-10-11(14(2)3)12-7-6-8-17-12/h4-8,11,13H,9-10H2,1-3H3/b5-4+. The summed E-state index contributed by atoms with van der Waals surface area (Å²) in [5.74, 6) is 0.0358. The maximum absolute atomic E-state index is 11.7. The highest BCUT2D eigenvalue weighted by atomic mass is 32.2. The zero-order chi connectivity index (χ0) is 13.6. The fourth-order valence-electron chi connectivity index (χ4n) is 1.51. The number of allylic oxidation sites excluding steroid dienone is 1. The number of rotatable bonds is 7. The van der Waals surface area contributed by atoms with E-state index in [0.717, 1.165) is 4.88 Å². The second-order valence-corrected chi connectivity index (χ2v) is 7.02. The number of sulfonamides is 1. The summed E-state index contributed by atoms with van der Waals surface area (Å²) in [4.78, 5) is 3.18. The van der Waals surface area contributed by atoms with E-state index in [9.17, 15) is 8.42 Å². The Bertz CT molecular complexity index is 464. The Morgan fingerprint density at radius 3 is 2.72 bits per heavy atom. The third kappa shape index (κ3) is 4.89. The van der Waals surface area contributed by atoms with Gasteiger partial charge >= 0.3 is 0 Å². The predicted molar refractivity (Wildman–Crippen MR) is 77.4 cm³/mol. The van der Waals surface area contributed by atoms with Crippen LogP contribution in [0.3, 0.4) is 0 Å². The minimum absolute atomic E-state index is 0.0358. The highest BCUT2D eigenvalue weighted by molar-refractivity contribution is 7.89. The molecule has 0 saturated heterocycles. The molecule has 6 heteroatoms. The van der Waals surface area contributed by atoms with E-state index in [1.807, 2.05) is 43.4 Å². The van der Waals surface area contributed by atoms with Crippen LogP contribution in [0.2, 0.25) is 0 Å². The van der Waals surface area contributed by atoms with Crippen LogP contribution in [0.5, 0.6) is 0 Å². The van der Waals surface area contributed by atoms with Gasteiger partial charge in [-0.05, 0) is 32.5 Å². The van der Waals surface area contributed by atoms with Gasteiger partial charge in [-0.15, -0.1) is 11.3 Å². The van der Waals surface area contributed by atoms with Gasteiger partial charge in [0.1, 0.15) is 0 Å². The van der Waals surface area contributed by atoms with Gasteiger partial charge < -0.3 is 4.90 Å². The minimum atomic E-state index is -3.22. The molecule has 1 unspecified atom stereocenters. The molecule has 1 aromatic heterocycles. The molecule has 1 atom stereocenters. The average molecular weight is 288 g/mol. The quantitative estimate of drug-likeness (QED) is 0.779. The molecule has 0 aliphatic rings. The van der Waals surface area contributed by atoms with Gasteiger partial charge in [0.25, 0.3) is 0 Å². The van der Waals surface area contributed by atoms with Crippen molar-refractivity contribution in [2.75, 3.05) is 26.4 Å². The van der Waals surface area contributed by atoms with Crippen molar-refractivity contribution in [1.29, 1.82) is 0 Å². The summed E-state index contributed by atoms with van der Waals surface area (Å²) in [5.41, 5.74) is 0. The first-order valence-electron chi connectivity index (χ1n) is 5.74. The third-order valence-corrected chi connectivity index (χ3v) is 4.75. The Kier molecular flexibility index (Phi) is 6.01. The normalized spacial score (nSPS) is 14.4. The first-order valence-corrected chi connectivity index (χ1v) is 8.28. The van der Waals surface area contributed by atoms with Crippen molar-refractivity contribution in [3.63, 3.8) is 0 Å². The van der Waals surface area contributed by atoms with E-state index < -0.39 is 10.0 Å². The Labute approximate surface area is 113 Å². The minimum Gasteiger partial charge on any atom is -0.300 e. The third-order valence-electron chi connectivity index (χ3n) is 2.54. The number of hydrogen-bond acceptors (Lipinski definition) is 4. The number of nitrogens with one attached hydrogen (secondary N) is 1. The molecule has 0 spiro atoms. The van der Waals surface area contributed by atoms with E-state index in [4.69, 9.17) is 0 Å². The largest absolute Gasteiger partial charge is 0.300 e. The predicted octanol–water partition coefficient (Wildman–Crippen LogP) is 1.85. The van der Waals surface area contributed by atoms with Crippen LogP contribution in [0.1, 0.15) is 17.8 Å². The molecular weight excluding hydrogens is 268 g/mol. The molecule has 0 aliphatic heterocycles. The van der Waals surface area contributed by atoms with E-state index in [-0.39, 0.29) is 11.8 Å². The second kappa shape index (κ2) is 7.04. The Morgan fingerprint density at radius 2 is 2.22 bits per heavy atom. The summed E-state index contributed by atoms with van der Waals surface area (Å²) in [6, 6.07) is 4.07. The number of likely N-dealkylation sites (N-methyl/N-ethyl adjacent to an activating group) is 1. The molecule has 102 valence electrons. The number of thiophene rings is 1. The van der Waals surface area contributed by atoms with Crippen molar-refractivity contribution in [2.24, 2.45) is 0 Å². The van der Waals surface area contributed by atoms with Crippen molar-refractivity contribution < 1.29 is 8.42 Å². The summed E-state index contributed by atoms with van der Waals surface area (Å²) < 4.78 is 26.1. The van der Waals surface area contributed by atoms with Crippen molar-refractivity contribution in [3.8, 4) is 0 Å². The van der Waals surface area contributed by atoms with Gasteiger partial charge in [-0.1, -0.05) is 18.2 Å². The highest BCUT2D eigenvalue weighted by Gasteiger charge is 2.18. The van der Waals surface area contributed by atoms with Crippen LogP contribution in [0, 0.1) is 0 Å². The molecular formula is C12H20N2O2S2. The van der Waals surface area contributed by atoms with Crippen molar-refractivity contribution in [3.05, 3.63) is 34.5 Å². The molecule has 1 aromatic rings. The summed E-state index contributed by atoms with van der Waals surface area (Å²) >= 11 is 1.64. The fourth-order valence-corrected chi connectivity index (χ4v) is 3.40. The Hall–Kier alpha value is -0.690. The molecule has 1 heterocycles. The fraction of sp³-hybridized carbons (Fsp3) is 0.500. The molecule has 1 N–H and O–H groups in total. The first-order chi connectivity index (χ1) is 8.46. The lowest BCUT2D eigenvalue weighted by Gasteiger charge is -2.23. The molecule has 0 saturated carbocycles. The monoisotopic (exact) mass is 288 g/mol. The molecule has 0 fully saturated rings. The Morgan fingerprint density at radius 1 is 1.50 bits per heavy atom. The van der Waals surface area contributed by atoms with Crippen LogP contribution >= 0.6 is 11.3 Å². The van der Waals surface area contributed by atoms with Crippen molar-refractivity contribution >= 4 is 21.4 Å². The second-order valence-electron chi connectivity index (χ2n) is 4.19. The van der Waals surface area contributed by atoms with Crippen LogP contribution < -0.4 is 4.72 Å². The van der Waals surface area contributed by atoms with Crippen molar-refractivity contribution in [2.45, 2.75) is 13.0 Å². The number of hydrogen-bond donors (Lipinski definition) is 1. The molecule has 0 amide bonds. The Balaban J connectivity index is 2.64. The molecule has 0 aliphatic carbocycles. The maximum atomic E-state index is 11.7. The summed E-state index contributed by atoms with van der Waals surface area (Å²) in [6.07, 6.45) is 3.38. The van der Waals surface area contributed by atoms with Crippen LogP contribution in [0.15, 0.2) is 29.7 Å². The molecule has 1 rings (SSSR count). The zero-order valence-corrected chi connectivity index (χ0v) is 12.6. The first kappa shape index (κ1) is 15.4. The molecule has 0 aromatic carbocycles.